The second-order valence-corrected chi connectivity index (χ2v) is 11.6. The Bertz CT molecular complexity index is 895. The molecule has 2 aliphatic carbocycles. The SMILES string of the molecule is CCCCC1CCC(c2ccc(-c3cc(F)c(C4CCC(CCCCCF)CC4)c(F)c3)cc2)CC1. The van der Waals surface area contributed by atoms with E-state index in [0.29, 0.717) is 23.8 Å². The fourth-order valence-electron chi connectivity index (χ4n) is 6.81. The summed E-state index contributed by atoms with van der Waals surface area (Å²) in [6, 6.07) is 11.5. The molecule has 2 aromatic carbocycles. The van der Waals surface area contributed by atoms with Crippen molar-refractivity contribution < 1.29 is 13.2 Å². The Morgan fingerprint density at radius 3 is 1.75 bits per heavy atom. The van der Waals surface area contributed by atoms with Crippen molar-refractivity contribution in [2.45, 2.75) is 115 Å². The molecule has 0 aromatic heterocycles. The summed E-state index contributed by atoms with van der Waals surface area (Å²) in [5, 5.41) is 0. The van der Waals surface area contributed by atoms with E-state index in [1.807, 2.05) is 12.1 Å². The fourth-order valence-corrected chi connectivity index (χ4v) is 6.81. The lowest BCUT2D eigenvalue weighted by molar-refractivity contribution is 0.293. The van der Waals surface area contributed by atoms with Gasteiger partial charge in [-0.05, 0) is 110 Å². The number of hydrogen-bond acceptors (Lipinski definition) is 0. The monoisotopic (exact) mass is 498 g/mol. The summed E-state index contributed by atoms with van der Waals surface area (Å²) in [7, 11) is 0. The maximum atomic E-state index is 15.2. The molecule has 0 saturated heterocycles. The lowest BCUT2D eigenvalue weighted by Gasteiger charge is -2.29. The van der Waals surface area contributed by atoms with Crippen LogP contribution >= 0.6 is 0 Å². The van der Waals surface area contributed by atoms with Crippen LogP contribution < -0.4 is 0 Å². The quantitative estimate of drug-likeness (QED) is 0.270. The van der Waals surface area contributed by atoms with Crippen molar-refractivity contribution in [2.75, 3.05) is 6.67 Å². The largest absolute Gasteiger partial charge is 0.251 e. The van der Waals surface area contributed by atoms with Gasteiger partial charge in [0.05, 0.1) is 6.67 Å². The Hall–Kier alpha value is -1.77. The van der Waals surface area contributed by atoms with Gasteiger partial charge in [0, 0.05) is 5.56 Å². The lowest BCUT2D eigenvalue weighted by atomic mass is 9.76. The Kier molecular flexibility index (Phi) is 10.4. The Morgan fingerprint density at radius 2 is 1.19 bits per heavy atom. The van der Waals surface area contributed by atoms with Gasteiger partial charge in [0.15, 0.2) is 0 Å². The minimum absolute atomic E-state index is 0.0315. The van der Waals surface area contributed by atoms with Crippen molar-refractivity contribution in [1.29, 1.82) is 0 Å². The van der Waals surface area contributed by atoms with Crippen LogP contribution in [0.1, 0.15) is 126 Å². The van der Waals surface area contributed by atoms with Gasteiger partial charge in [0.1, 0.15) is 11.6 Å². The van der Waals surface area contributed by atoms with E-state index in [1.54, 1.807) is 0 Å². The minimum Gasteiger partial charge on any atom is -0.251 e. The van der Waals surface area contributed by atoms with Gasteiger partial charge >= 0.3 is 0 Å². The van der Waals surface area contributed by atoms with Crippen molar-refractivity contribution in [2.24, 2.45) is 11.8 Å². The fraction of sp³-hybridized carbons (Fsp3) is 0.636. The molecule has 0 unspecified atom stereocenters. The highest BCUT2D eigenvalue weighted by atomic mass is 19.1. The average Bonchev–Trinajstić information content (AvgIpc) is 2.91. The predicted octanol–water partition coefficient (Wildman–Crippen LogP) is 10.9. The van der Waals surface area contributed by atoms with Crippen LogP contribution in [0.4, 0.5) is 13.2 Å². The van der Waals surface area contributed by atoms with Gasteiger partial charge < -0.3 is 0 Å². The van der Waals surface area contributed by atoms with Gasteiger partial charge in [0.25, 0.3) is 0 Å². The molecule has 0 N–H and O–H groups in total. The van der Waals surface area contributed by atoms with Crippen molar-refractivity contribution in [1.82, 2.24) is 0 Å². The van der Waals surface area contributed by atoms with Gasteiger partial charge in [0.2, 0.25) is 0 Å². The highest BCUT2D eigenvalue weighted by Gasteiger charge is 2.27. The number of alkyl halides is 1. The lowest BCUT2D eigenvalue weighted by Crippen LogP contribution is -2.15. The highest BCUT2D eigenvalue weighted by Crippen LogP contribution is 2.41. The van der Waals surface area contributed by atoms with Crippen LogP contribution in [-0.2, 0) is 0 Å². The molecule has 2 fully saturated rings. The van der Waals surface area contributed by atoms with Crippen LogP contribution in [0, 0.1) is 23.5 Å². The molecule has 0 atom stereocenters. The van der Waals surface area contributed by atoms with Crippen LogP contribution in [-0.4, -0.2) is 6.67 Å². The average molecular weight is 499 g/mol. The van der Waals surface area contributed by atoms with Crippen LogP contribution in [0.25, 0.3) is 11.1 Å². The first-order chi connectivity index (χ1) is 17.6. The second kappa shape index (κ2) is 13.7. The Morgan fingerprint density at radius 1 is 0.639 bits per heavy atom. The molecule has 0 amide bonds. The zero-order chi connectivity index (χ0) is 25.3. The molecule has 3 heteroatoms. The summed E-state index contributed by atoms with van der Waals surface area (Å²) >= 11 is 0. The van der Waals surface area contributed by atoms with Crippen molar-refractivity contribution >= 4 is 0 Å². The van der Waals surface area contributed by atoms with E-state index in [9.17, 15) is 4.39 Å². The summed E-state index contributed by atoms with van der Waals surface area (Å²) in [5.41, 5.74) is 3.17. The van der Waals surface area contributed by atoms with Gasteiger partial charge in [-0.1, -0.05) is 69.7 Å². The normalized spacial score (nSPS) is 24.7. The molecule has 2 aromatic rings. The Labute approximate surface area is 217 Å². The van der Waals surface area contributed by atoms with Gasteiger partial charge in [-0.15, -0.1) is 0 Å². The molecule has 0 bridgehead atoms. The van der Waals surface area contributed by atoms with E-state index in [0.717, 1.165) is 56.4 Å². The summed E-state index contributed by atoms with van der Waals surface area (Å²) in [6.07, 6.45) is 16.7. The van der Waals surface area contributed by atoms with Crippen LogP contribution in [0.15, 0.2) is 36.4 Å². The standard InChI is InChI=1S/C33H45F3/c1-2-3-7-24-9-13-26(14-10-24)27-17-19-28(20-18-27)30-22-31(35)33(32(36)23-30)29-15-11-25(12-16-29)8-5-4-6-21-34/h17-20,22-26,29H,2-16,21H2,1H3. The molecule has 198 valence electrons. The van der Waals surface area contributed by atoms with Gasteiger partial charge in [-0.2, -0.15) is 0 Å². The molecule has 2 saturated carbocycles. The molecule has 0 heterocycles. The summed E-state index contributed by atoms with van der Waals surface area (Å²) in [6.45, 7) is 2.04. The molecule has 0 spiro atoms. The number of benzene rings is 2. The number of rotatable bonds is 11. The molecular formula is C33H45F3. The summed E-state index contributed by atoms with van der Waals surface area (Å²) in [5.74, 6) is 1.31. The Balaban J connectivity index is 1.34. The molecule has 2 aliphatic rings. The highest BCUT2D eigenvalue weighted by molar-refractivity contribution is 5.64. The van der Waals surface area contributed by atoms with E-state index in [4.69, 9.17) is 0 Å². The third kappa shape index (κ3) is 7.17. The zero-order valence-electron chi connectivity index (χ0n) is 22.2. The number of unbranched alkanes of at least 4 members (excludes halogenated alkanes) is 3. The van der Waals surface area contributed by atoms with Crippen LogP contribution in [0.2, 0.25) is 0 Å². The minimum atomic E-state index is -0.397. The van der Waals surface area contributed by atoms with Crippen LogP contribution in [0.5, 0.6) is 0 Å². The third-order valence-electron chi connectivity index (χ3n) is 9.11. The smallest absolute Gasteiger partial charge is 0.130 e. The number of hydrogen-bond donors (Lipinski definition) is 0. The van der Waals surface area contributed by atoms with E-state index in [1.165, 1.54) is 62.6 Å². The maximum Gasteiger partial charge on any atom is 0.130 e. The first kappa shape index (κ1) is 27.3. The maximum absolute atomic E-state index is 15.2. The molecular weight excluding hydrogens is 453 g/mol. The number of halogens is 3. The van der Waals surface area contributed by atoms with E-state index in [2.05, 4.69) is 19.1 Å². The third-order valence-corrected chi connectivity index (χ3v) is 9.11. The topological polar surface area (TPSA) is 0 Å². The molecule has 0 radical (unpaired) electrons. The van der Waals surface area contributed by atoms with Gasteiger partial charge in [-0.25, -0.2) is 8.78 Å². The van der Waals surface area contributed by atoms with E-state index < -0.39 is 11.6 Å². The molecule has 4 rings (SSSR count). The zero-order valence-corrected chi connectivity index (χ0v) is 22.2. The van der Waals surface area contributed by atoms with Crippen molar-refractivity contribution in [3.8, 4) is 11.1 Å². The van der Waals surface area contributed by atoms with Gasteiger partial charge in [-0.3, -0.25) is 4.39 Å². The molecule has 0 aliphatic heterocycles. The predicted molar refractivity (Wildman–Crippen MR) is 145 cm³/mol. The molecule has 36 heavy (non-hydrogen) atoms. The second-order valence-electron chi connectivity index (χ2n) is 11.6. The molecule has 0 nitrogen and oxygen atoms in total. The summed E-state index contributed by atoms with van der Waals surface area (Å²) in [4.78, 5) is 0. The van der Waals surface area contributed by atoms with Crippen LogP contribution in [0.3, 0.4) is 0 Å². The van der Waals surface area contributed by atoms with E-state index in [-0.39, 0.29) is 18.2 Å². The van der Waals surface area contributed by atoms with E-state index >= 15 is 8.78 Å². The first-order valence-electron chi connectivity index (χ1n) is 14.7. The van der Waals surface area contributed by atoms with Crippen molar-refractivity contribution in [3.63, 3.8) is 0 Å². The van der Waals surface area contributed by atoms with Crippen molar-refractivity contribution in [3.05, 3.63) is 59.2 Å². The first-order valence-corrected chi connectivity index (χ1v) is 14.7. The summed E-state index contributed by atoms with van der Waals surface area (Å²) < 4.78 is 42.6.